The zero-order valence-electron chi connectivity index (χ0n) is 9.80. The first-order valence-corrected chi connectivity index (χ1v) is 5.46. The number of rotatable bonds is 4. The summed E-state index contributed by atoms with van der Waals surface area (Å²) < 4.78 is 0. The van der Waals surface area contributed by atoms with Crippen LogP contribution in [0.15, 0.2) is 24.3 Å². The van der Waals surface area contributed by atoms with Gasteiger partial charge in [0.2, 0.25) is 0 Å². The molecule has 0 nitrogen and oxygen atoms in total. The van der Waals surface area contributed by atoms with Crippen LogP contribution in [0.2, 0.25) is 5.31 Å². The van der Waals surface area contributed by atoms with Gasteiger partial charge in [-0.05, 0) is 6.92 Å². The highest BCUT2D eigenvalue weighted by Gasteiger charge is 2.18. The van der Waals surface area contributed by atoms with Gasteiger partial charge in [0.15, 0.2) is 7.28 Å². The van der Waals surface area contributed by atoms with E-state index in [0.717, 1.165) is 0 Å². The summed E-state index contributed by atoms with van der Waals surface area (Å²) in [4.78, 5) is 0. The normalized spacial score (nSPS) is 11.4. The molecule has 1 radical (unpaired) electrons. The van der Waals surface area contributed by atoms with E-state index < -0.39 is 0 Å². The average molecular weight is 187 g/mol. The maximum Gasteiger partial charge on any atom is 0.158 e. The molecule has 1 aromatic rings. The van der Waals surface area contributed by atoms with Gasteiger partial charge in [-0.2, -0.15) is 0 Å². The van der Waals surface area contributed by atoms with Crippen molar-refractivity contribution >= 4 is 12.7 Å². The molecule has 1 rings (SSSR count). The first-order valence-electron chi connectivity index (χ1n) is 5.46. The van der Waals surface area contributed by atoms with E-state index in [4.69, 9.17) is 0 Å². The lowest BCUT2D eigenvalue weighted by molar-refractivity contribution is 0.596. The topological polar surface area (TPSA) is 0 Å². The molecule has 0 saturated carbocycles. The fraction of sp³-hybridized carbons (Fsp3) is 0.538. The van der Waals surface area contributed by atoms with Gasteiger partial charge in [0.25, 0.3) is 0 Å². The van der Waals surface area contributed by atoms with Crippen LogP contribution < -0.4 is 5.46 Å². The van der Waals surface area contributed by atoms with Gasteiger partial charge >= 0.3 is 0 Å². The van der Waals surface area contributed by atoms with E-state index in [2.05, 4.69) is 59.2 Å². The molecule has 1 heteroatoms. The summed E-state index contributed by atoms with van der Waals surface area (Å²) in [6.45, 7) is 8.97. The number of hydrogen-bond donors (Lipinski definition) is 0. The highest BCUT2D eigenvalue weighted by Crippen LogP contribution is 2.28. The smallest absolute Gasteiger partial charge is 0.0872 e. The maximum atomic E-state index is 2.37. The molecule has 0 aromatic heterocycles. The summed E-state index contributed by atoms with van der Waals surface area (Å²) >= 11 is 0. The molecule has 0 aliphatic heterocycles. The molecular weight excluding hydrogens is 167 g/mol. The van der Waals surface area contributed by atoms with Gasteiger partial charge in [-0.25, -0.2) is 0 Å². The van der Waals surface area contributed by atoms with E-state index >= 15 is 0 Å². The fourth-order valence-electron chi connectivity index (χ4n) is 1.83. The van der Waals surface area contributed by atoms with Crippen molar-refractivity contribution in [3.05, 3.63) is 29.8 Å². The van der Waals surface area contributed by atoms with Gasteiger partial charge in [0.1, 0.15) is 0 Å². The SMILES string of the molecule is CCCC(C)(C)[B]c1ccc(C)cc1. The summed E-state index contributed by atoms with van der Waals surface area (Å²) in [6, 6.07) is 8.75. The molecule has 0 atom stereocenters. The second-order valence-electron chi connectivity index (χ2n) is 4.79. The number of hydrogen-bond acceptors (Lipinski definition) is 0. The molecule has 0 unspecified atom stereocenters. The first kappa shape index (κ1) is 11.4. The molecule has 0 bridgehead atoms. The Hall–Kier alpha value is -0.715. The Kier molecular flexibility index (Phi) is 3.80. The van der Waals surface area contributed by atoms with Gasteiger partial charge in [0.05, 0.1) is 0 Å². The quantitative estimate of drug-likeness (QED) is 0.634. The van der Waals surface area contributed by atoms with Gasteiger partial charge in [0, 0.05) is 0 Å². The van der Waals surface area contributed by atoms with Crippen LogP contribution in [0.25, 0.3) is 0 Å². The molecule has 75 valence electrons. The molecule has 0 aliphatic carbocycles. The summed E-state index contributed by atoms with van der Waals surface area (Å²) in [5, 5.41) is 0.323. The standard InChI is InChI=1S/C13H20B/c1-5-10-13(3,4)14-12-8-6-11(2)7-9-12/h6-9H,5,10H2,1-4H3. The van der Waals surface area contributed by atoms with Crippen LogP contribution in [0.1, 0.15) is 39.2 Å². The summed E-state index contributed by atoms with van der Waals surface area (Å²) in [5.41, 5.74) is 2.67. The summed E-state index contributed by atoms with van der Waals surface area (Å²) in [5.74, 6) is 0. The molecule has 1 aromatic carbocycles. The molecule has 0 spiro atoms. The molecule has 0 saturated heterocycles. The largest absolute Gasteiger partial charge is 0.158 e. The van der Waals surface area contributed by atoms with Gasteiger partial charge in [-0.1, -0.05) is 74.2 Å². The van der Waals surface area contributed by atoms with Crippen molar-refractivity contribution in [3.63, 3.8) is 0 Å². The van der Waals surface area contributed by atoms with Gasteiger partial charge in [-0.15, -0.1) is 0 Å². The number of aryl methyl sites for hydroxylation is 1. The zero-order valence-corrected chi connectivity index (χ0v) is 9.80. The maximum absolute atomic E-state index is 2.37. The van der Waals surface area contributed by atoms with Gasteiger partial charge in [-0.3, -0.25) is 0 Å². The summed E-state index contributed by atoms with van der Waals surface area (Å²) in [6.07, 6.45) is 2.50. The van der Waals surface area contributed by atoms with Crippen LogP contribution in [-0.2, 0) is 0 Å². The fourth-order valence-corrected chi connectivity index (χ4v) is 1.83. The Labute approximate surface area is 89.0 Å². The van der Waals surface area contributed by atoms with Crippen LogP contribution in [0.5, 0.6) is 0 Å². The van der Waals surface area contributed by atoms with Crippen LogP contribution in [-0.4, -0.2) is 7.28 Å². The number of benzene rings is 1. The molecule has 0 N–H and O–H groups in total. The van der Waals surface area contributed by atoms with E-state index in [1.165, 1.54) is 23.9 Å². The third-order valence-electron chi connectivity index (χ3n) is 2.53. The second-order valence-corrected chi connectivity index (χ2v) is 4.79. The van der Waals surface area contributed by atoms with Crippen molar-refractivity contribution in [3.8, 4) is 0 Å². The second kappa shape index (κ2) is 4.68. The van der Waals surface area contributed by atoms with E-state index in [0.29, 0.717) is 5.31 Å². The Morgan fingerprint density at radius 1 is 1.14 bits per heavy atom. The lowest BCUT2D eigenvalue weighted by Crippen LogP contribution is -2.25. The molecule has 0 heterocycles. The highest BCUT2D eigenvalue weighted by atomic mass is 14.1. The monoisotopic (exact) mass is 187 g/mol. The van der Waals surface area contributed by atoms with E-state index in [1.54, 1.807) is 0 Å². The molecule has 0 amide bonds. The lowest BCUT2D eigenvalue weighted by atomic mass is 9.49. The Morgan fingerprint density at radius 3 is 2.21 bits per heavy atom. The van der Waals surface area contributed by atoms with Crippen LogP contribution >= 0.6 is 0 Å². The van der Waals surface area contributed by atoms with Crippen molar-refractivity contribution in [2.75, 3.05) is 0 Å². The lowest BCUT2D eigenvalue weighted by Gasteiger charge is -2.22. The van der Waals surface area contributed by atoms with Crippen molar-refractivity contribution in [1.82, 2.24) is 0 Å². The van der Waals surface area contributed by atoms with Gasteiger partial charge < -0.3 is 0 Å². The Morgan fingerprint density at radius 2 is 1.71 bits per heavy atom. The predicted octanol–water partition coefficient (Wildman–Crippen LogP) is 3.32. The van der Waals surface area contributed by atoms with Crippen molar-refractivity contribution in [2.24, 2.45) is 0 Å². The zero-order chi connectivity index (χ0) is 10.6. The third-order valence-corrected chi connectivity index (χ3v) is 2.53. The first-order chi connectivity index (χ1) is 6.53. The van der Waals surface area contributed by atoms with Crippen LogP contribution in [0.4, 0.5) is 0 Å². The molecule has 0 fully saturated rings. The van der Waals surface area contributed by atoms with Crippen molar-refractivity contribution in [2.45, 2.75) is 45.9 Å². The predicted molar refractivity (Wildman–Crippen MR) is 65.5 cm³/mol. The average Bonchev–Trinajstić information content (AvgIpc) is 2.08. The van der Waals surface area contributed by atoms with E-state index in [-0.39, 0.29) is 0 Å². The Bertz CT molecular complexity index is 272. The summed E-state index contributed by atoms with van der Waals surface area (Å²) in [7, 11) is 2.37. The minimum absolute atomic E-state index is 0.323. The third kappa shape index (κ3) is 3.57. The van der Waals surface area contributed by atoms with Crippen molar-refractivity contribution in [1.29, 1.82) is 0 Å². The van der Waals surface area contributed by atoms with E-state index in [1.807, 2.05) is 0 Å². The minimum atomic E-state index is 0.323. The molecular formula is C13H20B. The van der Waals surface area contributed by atoms with E-state index in [9.17, 15) is 0 Å². The van der Waals surface area contributed by atoms with Crippen LogP contribution in [0, 0.1) is 6.92 Å². The highest BCUT2D eigenvalue weighted by molar-refractivity contribution is 6.56. The minimum Gasteiger partial charge on any atom is -0.0872 e. The Balaban J connectivity index is 2.64. The van der Waals surface area contributed by atoms with Crippen molar-refractivity contribution < 1.29 is 0 Å². The van der Waals surface area contributed by atoms with Crippen LogP contribution in [0.3, 0.4) is 0 Å². The molecule has 0 aliphatic rings. The molecule has 14 heavy (non-hydrogen) atoms.